The number of hydrogen-bond donors (Lipinski definition) is 2. The number of carbonyl (C=O) groups is 2. The van der Waals surface area contributed by atoms with E-state index in [1.807, 2.05) is 27.2 Å². The Kier molecular flexibility index (Phi) is 63.8. The molecule has 0 saturated carbocycles. The van der Waals surface area contributed by atoms with Gasteiger partial charge in [-0.3, -0.25) is 18.6 Å². The van der Waals surface area contributed by atoms with Crippen LogP contribution in [-0.4, -0.2) is 74.3 Å². The third kappa shape index (κ3) is 65.2. The van der Waals surface area contributed by atoms with Gasteiger partial charge >= 0.3 is 13.8 Å². The number of unbranched alkanes of at least 4 members (excludes halogenated alkanes) is 54. The number of allylic oxidation sites excluding steroid dienone is 1. The van der Waals surface area contributed by atoms with Crippen LogP contribution in [-0.2, 0) is 27.9 Å². The smallest absolute Gasteiger partial charge is 0.456 e. The van der Waals surface area contributed by atoms with Gasteiger partial charge in [-0.1, -0.05) is 367 Å². The van der Waals surface area contributed by atoms with Crippen molar-refractivity contribution < 1.29 is 37.3 Å². The number of phosphoric acid groups is 1. The molecule has 0 aromatic carbocycles. The van der Waals surface area contributed by atoms with Crippen LogP contribution in [0.5, 0.6) is 0 Å². The summed E-state index contributed by atoms with van der Waals surface area (Å²) in [6.07, 6.45) is 78.1. The zero-order chi connectivity index (χ0) is 61.4. The predicted octanol–water partition coefficient (Wildman–Crippen LogP) is 23.9. The molecular weight excluding hydrogens is 1060 g/mol. The monoisotopic (exact) mass is 1210 g/mol. The van der Waals surface area contributed by atoms with E-state index in [2.05, 4.69) is 32.2 Å². The summed E-state index contributed by atoms with van der Waals surface area (Å²) >= 11 is 0. The van der Waals surface area contributed by atoms with Crippen molar-refractivity contribution in [1.82, 2.24) is 5.32 Å². The molecule has 1 amide bonds. The minimum Gasteiger partial charge on any atom is -0.456 e. The van der Waals surface area contributed by atoms with Crippen molar-refractivity contribution >= 4 is 19.7 Å². The van der Waals surface area contributed by atoms with Crippen LogP contribution in [0.3, 0.4) is 0 Å². The van der Waals surface area contributed by atoms with Crippen molar-refractivity contribution in [1.29, 1.82) is 0 Å². The molecule has 0 aromatic heterocycles. The number of ether oxygens (including phenoxy) is 1. The van der Waals surface area contributed by atoms with Gasteiger partial charge in [0.2, 0.25) is 5.91 Å². The van der Waals surface area contributed by atoms with Gasteiger partial charge in [0, 0.05) is 12.8 Å². The van der Waals surface area contributed by atoms with Crippen LogP contribution < -0.4 is 5.32 Å². The number of quaternary nitrogens is 1. The molecule has 2 N–H and O–H groups in total. The van der Waals surface area contributed by atoms with Gasteiger partial charge in [-0.2, -0.15) is 0 Å². The lowest BCUT2D eigenvalue weighted by Crippen LogP contribution is -2.47. The van der Waals surface area contributed by atoms with E-state index in [0.717, 1.165) is 57.8 Å². The molecule has 0 aliphatic rings. The fourth-order valence-electron chi connectivity index (χ4n) is 11.7. The molecule has 0 radical (unpaired) electrons. The average molecular weight is 1210 g/mol. The zero-order valence-corrected chi connectivity index (χ0v) is 58.3. The highest BCUT2D eigenvalue weighted by atomic mass is 31.2. The molecule has 0 aliphatic carbocycles. The Morgan fingerprint density at radius 3 is 0.976 bits per heavy atom. The molecule has 3 atom stereocenters. The Labute approximate surface area is 524 Å². The van der Waals surface area contributed by atoms with E-state index in [1.54, 1.807) is 0 Å². The third-order valence-electron chi connectivity index (χ3n) is 17.5. The SMILES string of the molecule is CCCCCCCCCCCC/C=C/C(OC(=O)CCCCCCCCCCCCCCCCCCCCCCCCC)C(COP(=O)(O)OCC[N+](C)(C)C)NC(=O)CCCCCCCCCCCCCCCCCCCCCCCCC. The van der Waals surface area contributed by atoms with E-state index in [-0.39, 0.29) is 25.1 Å². The topological polar surface area (TPSA) is 111 Å². The molecule has 0 heterocycles. The van der Waals surface area contributed by atoms with Gasteiger partial charge in [0.15, 0.2) is 0 Å². The molecule has 0 saturated heterocycles. The van der Waals surface area contributed by atoms with Crippen LogP contribution >= 0.6 is 7.82 Å². The van der Waals surface area contributed by atoms with Crippen molar-refractivity contribution in [3.63, 3.8) is 0 Å². The van der Waals surface area contributed by atoms with Gasteiger partial charge in [-0.25, -0.2) is 4.57 Å². The molecule has 10 heteroatoms. The van der Waals surface area contributed by atoms with Gasteiger partial charge < -0.3 is 19.4 Å². The summed E-state index contributed by atoms with van der Waals surface area (Å²) in [5, 5.41) is 3.08. The Hall–Kier alpha value is -1.25. The number of nitrogens with one attached hydrogen (secondary N) is 1. The van der Waals surface area contributed by atoms with E-state index in [9.17, 15) is 19.0 Å². The predicted molar refractivity (Wildman–Crippen MR) is 365 cm³/mol. The number of carbonyl (C=O) groups excluding carboxylic acids is 2. The third-order valence-corrected chi connectivity index (χ3v) is 18.5. The second-order valence-corrected chi connectivity index (χ2v) is 28.6. The van der Waals surface area contributed by atoms with Crippen LogP contribution in [0.15, 0.2) is 12.2 Å². The number of amides is 1. The Morgan fingerprint density at radius 1 is 0.405 bits per heavy atom. The highest BCUT2D eigenvalue weighted by Gasteiger charge is 2.30. The van der Waals surface area contributed by atoms with Crippen molar-refractivity contribution in [2.45, 2.75) is 412 Å². The molecule has 0 fully saturated rings. The fourth-order valence-corrected chi connectivity index (χ4v) is 12.4. The maximum Gasteiger partial charge on any atom is 0.472 e. The molecule has 9 nitrogen and oxygen atoms in total. The minimum atomic E-state index is -4.45. The number of likely N-dealkylation sites (N-methyl/N-ethyl adjacent to an activating group) is 1. The maximum absolute atomic E-state index is 13.6. The van der Waals surface area contributed by atoms with Gasteiger partial charge in [0.05, 0.1) is 33.8 Å². The first kappa shape index (κ1) is 82.8. The first-order chi connectivity index (χ1) is 40.9. The van der Waals surface area contributed by atoms with E-state index in [1.165, 1.54) is 308 Å². The zero-order valence-electron chi connectivity index (χ0n) is 57.4. The second kappa shape index (κ2) is 64.7. The van der Waals surface area contributed by atoms with Crippen molar-refractivity contribution in [2.75, 3.05) is 40.9 Å². The Balaban J connectivity index is 4.96. The highest BCUT2D eigenvalue weighted by molar-refractivity contribution is 7.47. The summed E-state index contributed by atoms with van der Waals surface area (Å²) in [5.41, 5.74) is 0. The largest absolute Gasteiger partial charge is 0.472 e. The van der Waals surface area contributed by atoms with E-state index < -0.39 is 20.0 Å². The first-order valence-corrected chi connectivity index (χ1v) is 39.0. The molecule has 84 heavy (non-hydrogen) atoms. The van der Waals surface area contributed by atoms with Crippen LogP contribution in [0.1, 0.15) is 400 Å². The molecule has 0 rings (SSSR count). The molecule has 3 unspecified atom stereocenters. The molecule has 0 spiro atoms. The second-order valence-electron chi connectivity index (χ2n) is 27.2. The molecule has 500 valence electrons. The van der Waals surface area contributed by atoms with Gasteiger partial charge in [-0.15, -0.1) is 0 Å². The summed E-state index contributed by atoms with van der Waals surface area (Å²) in [7, 11) is 1.53. The van der Waals surface area contributed by atoms with Crippen molar-refractivity contribution in [2.24, 2.45) is 0 Å². The number of esters is 1. The standard InChI is InChI=1S/C74H147N2O7P/c1-7-10-13-16-19-22-25-28-30-32-34-36-38-40-42-44-46-48-51-54-57-60-63-66-73(77)75-71(70-82-84(79,80)81-69-68-76(4,5)6)72(65-62-59-56-53-50-27-24-21-18-15-12-9-3)83-74(78)67-64-61-58-55-52-49-47-45-43-41-39-37-35-33-31-29-26-23-20-17-14-11-8-2/h62,65,71-72H,7-61,63-64,66-70H2,1-6H3,(H-,75,77,79,80)/p+1/b65-62+. The highest BCUT2D eigenvalue weighted by Crippen LogP contribution is 2.43. The summed E-state index contributed by atoms with van der Waals surface area (Å²) < 4.78 is 30.9. The van der Waals surface area contributed by atoms with E-state index >= 15 is 0 Å². The lowest BCUT2D eigenvalue weighted by atomic mass is 10.0. The summed E-state index contributed by atoms with van der Waals surface area (Å²) in [5.74, 6) is -0.475. The number of phosphoric ester groups is 1. The van der Waals surface area contributed by atoms with Crippen LogP contribution in [0.4, 0.5) is 0 Å². The van der Waals surface area contributed by atoms with Gasteiger partial charge in [0.1, 0.15) is 19.3 Å². The normalized spacial score (nSPS) is 13.5. The maximum atomic E-state index is 13.6. The van der Waals surface area contributed by atoms with E-state index in [4.69, 9.17) is 13.8 Å². The van der Waals surface area contributed by atoms with Crippen LogP contribution in [0.25, 0.3) is 0 Å². The molecular formula is C74H148N2O7P+. The Morgan fingerprint density at radius 2 is 0.679 bits per heavy atom. The van der Waals surface area contributed by atoms with Crippen LogP contribution in [0.2, 0.25) is 0 Å². The first-order valence-electron chi connectivity index (χ1n) is 37.5. The van der Waals surface area contributed by atoms with E-state index in [0.29, 0.717) is 23.9 Å². The van der Waals surface area contributed by atoms with Gasteiger partial charge in [-0.05, 0) is 31.8 Å². The summed E-state index contributed by atoms with van der Waals surface area (Å²) in [6, 6.07) is -0.841. The number of rotatable bonds is 70. The molecule has 0 aromatic rings. The van der Waals surface area contributed by atoms with Crippen molar-refractivity contribution in [3.8, 4) is 0 Å². The summed E-state index contributed by atoms with van der Waals surface area (Å²) in [4.78, 5) is 37.9. The lowest BCUT2D eigenvalue weighted by Gasteiger charge is -2.27. The average Bonchev–Trinajstić information content (AvgIpc) is 3.65. The number of hydrogen-bond acceptors (Lipinski definition) is 6. The minimum absolute atomic E-state index is 0.0462. The van der Waals surface area contributed by atoms with Crippen LogP contribution in [0, 0.1) is 0 Å². The molecule has 0 aliphatic heterocycles. The fraction of sp³-hybridized carbons (Fsp3) is 0.946. The lowest BCUT2D eigenvalue weighted by molar-refractivity contribution is -0.870. The summed E-state index contributed by atoms with van der Waals surface area (Å²) in [6.45, 7) is 7.10. The quantitative estimate of drug-likeness (QED) is 0.0205. The number of nitrogens with zero attached hydrogens (tertiary/aromatic N) is 1. The Bertz CT molecular complexity index is 1440. The van der Waals surface area contributed by atoms with Gasteiger partial charge in [0.25, 0.3) is 0 Å². The van der Waals surface area contributed by atoms with Crippen molar-refractivity contribution in [3.05, 3.63) is 12.2 Å². The molecule has 0 bridgehead atoms.